The minimum Gasteiger partial charge on any atom is -0.494 e. The molecule has 4 aliphatic rings. The summed E-state index contributed by atoms with van der Waals surface area (Å²) in [6.07, 6.45) is 3.66. The molecular weight excluding hydrogens is 820 g/mol. The summed E-state index contributed by atoms with van der Waals surface area (Å²) in [5.74, 6) is -1.05. The fraction of sp³-hybridized carbons (Fsp3) is 0.409. The van der Waals surface area contributed by atoms with Crippen LogP contribution in [0.25, 0.3) is 0 Å². The first kappa shape index (κ1) is 42.3. The number of rotatable bonds is 11. The van der Waals surface area contributed by atoms with Crippen LogP contribution in [0.15, 0.2) is 60.8 Å². The predicted molar refractivity (Wildman–Crippen MR) is 237 cm³/mol. The molecular formula is C44H50ClFN9O5P. The van der Waals surface area contributed by atoms with Gasteiger partial charge in [-0.25, -0.2) is 9.37 Å². The Hall–Kier alpha value is -5.37. The zero-order valence-corrected chi connectivity index (χ0v) is 36.5. The van der Waals surface area contributed by atoms with Crippen molar-refractivity contribution < 1.29 is 28.3 Å². The van der Waals surface area contributed by atoms with E-state index in [9.17, 15) is 19.2 Å². The van der Waals surface area contributed by atoms with Crippen molar-refractivity contribution in [2.24, 2.45) is 5.92 Å². The standard InChI is InChI=1S/C44H50ClFN9O5P/c1-25-22-52(23-26(2)54(25)36-20-30-29(19-32(36)46)42(58)55(43(30)59)35-12-13-39(56)50-41(35)57)24-27-14-16-53(17-15-27)28-10-11-33(37(18-28)60-3)49-44-47-21-31(45)40(51-44)48-34-8-6-7-9-38(34)61(4)5/h6-11,18-21,25-27,35H,12-17,22-24H2,1-5H3,(H,50,56,57)(H2,47,48,49,51). The van der Waals surface area contributed by atoms with Crippen molar-refractivity contribution in [1.29, 1.82) is 0 Å². The molecule has 3 unspecified atom stereocenters. The molecule has 5 heterocycles. The van der Waals surface area contributed by atoms with Gasteiger partial charge in [-0.2, -0.15) is 4.98 Å². The van der Waals surface area contributed by atoms with Crippen molar-refractivity contribution >= 4 is 83.0 Å². The average Bonchev–Trinajstić information content (AvgIpc) is 3.46. The number of benzene rings is 3. The van der Waals surface area contributed by atoms with Gasteiger partial charge in [0.1, 0.15) is 22.6 Å². The van der Waals surface area contributed by atoms with E-state index < -0.39 is 35.5 Å². The van der Waals surface area contributed by atoms with Crippen molar-refractivity contribution in [2.75, 3.05) is 73.6 Å². The normalized spacial score (nSPS) is 21.2. The van der Waals surface area contributed by atoms with Crippen LogP contribution in [0.5, 0.6) is 5.75 Å². The number of para-hydroxylation sites is 1. The van der Waals surface area contributed by atoms with Crippen molar-refractivity contribution in [3.8, 4) is 5.75 Å². The van der Waals surface area contributed by atoms with Gasteiger partial charge in [-0.1, -0.05) is 37.7 Å². The van der Waals surface area contributed by atoms with Gasteiger partial charge in [-0.15, -0.1) is 0 Å². The highest BCUT2D eigenvalue weighted by Crippen LogP contribution is 2.38. The van der Waals surface area contributed by atoms with Crippen LogP contribution in [0.2, 0.25) is 5.02 Å². The number of aromatic nitrogens is 2. The number of halogens is 2. The van der Waals surface area contributed by atoms with Crippen LogP contribution in [0.3, 0.4) is 0 Å². The maximum Gasteiger partial charge on any atom is 0.262 e. The molecule has 3 N–H and O–H groups in total. The summed E-state index contributed by atoms with van der Waals surface area (Å²) in [7, 11) is 1.31. The average molecular weight is 870 g/mol. The highest BCUT2D eigenvalue weighted by atomic mass is 35.5. The number of piperazine rings is 1. The van der Waals surface area contributed by atoms with Gasteiger partial charge in [0.15, 0.2) is 5.82 Å². The largest absolute Gasteiger partial charge is 0.494 e. The van der Waals surface area contributed by atoms with Crippen molar-refractivity contribution in [1.82, 2.24) is 25.1 Å². The molecule has 3 aromatic carbocycles. The molecule has 3 saturated heterocycles. The fourth-order valence-electron chi connectivity index (χ4n) is 9.18. The first-order valence-electron chi connectivity index (χ1n) is 20.6. The molecule has 0 spiro atoms. The Labute approximate surface area is 360 Å². The fourth-order valence-corrected chi connectivity index (χ4v) is 10.3. The molecule has 320 valence electrons. The van der Waals surface area contributed by atoms with Crippen LogP contribution in [-0.2, 0) is 9.59 Å². The number of amides is 4. The van der Waals surface area contributed by atoms with Gasteiger partial charge in [0, 0.05) is 68.7 Å². The number of piperidine rings is 2. The zero-order chi connectivity index (χ0) is 43.1. The number of nitrogens with one attached hydrogen (secondary N) is 3. The van der Waals surface area contributed by atoms with Gasteiger partial charge < -0.3 is 25.2 Å². The second-order valence-electron chi connectivity index (χ2n) is 16.5. The Morgan fingerprint density at radius 3 is 2.31 bits per heavy atom. The van der Waals surface area contributed by atoms with E-state index in [0.717, 1.165) is 60.5 Å². The number of hydrogen-bond donors (Lipinski definition) is 3. The van der Waals surface area contributed by atoms with Crippen LogP contribution in [0.4, 0.5) is 38.9 Å². The van der Waals surface area contributed by atoms with E-state index in [1.807, 2.05) is 35.2 Å². The van der Waals surface area contributed by atoms with Crippen LogP contribution in [-0.4, -0.2) is 115 Å². The number of hydrogen-bond acceptors (Lipinski definition) is 12. The quantitative estimate of drug-likeness (QED) is 0.114. The van der Waals surface area contributed by atoms with Crippen molar-refractivity contribution in [3.63, 3.8) is 0 Å². The molecule has 1 aromatic heterocycles. The molecule has 0 aliphatic carbocycles. The van der Waals surface area contributed by atoms with Crippen LogP contribution in [0, 0.1) is 11.7 Å². The van der Waals surface area contributed by atoms with E-state index in [0.29, 0.717) is 41.5 Å². The Balaban J connectivity index is 0.867. The smallest absolute Gasteiger partial charge is 0.262 e. The third-order valence-electron chi connectivity index (χ3n) is 12.1. The van der Waals surface area contributed by atoms with Gasteiger partial charge in [0.25, 0.3) is 11.8 Å². The van der Waals surface area contributed by atoms with Gasteiger partial charge in [-0.05, 0) is 88.0 Å². The summed E-state index contributed by atoms with van der Waals surface area (Å²) in [4.78, 5) is 67.8. The minimum atomic E-state index is -1.11. The zero-order valence-electron chi connectivity index (χ0n) is 34.9. The number of ether oxygens (including phenoxy) is 1. The van der Waals surface area contributed by atoms with E-state index in [1.54, 1.807) is 13.3 Å². The lowest BCUT2D eigenvalue weighted by Crippen LogP contribution is -2.58. The highest BCUT2D eigenvalue weighted by molar-refractivity contribution is 7.64. The SMILES string of the molecule is COc1cc(N2CCC(CN3CC(C)N(c4cc5c(cc4F)C(=O)N(C4CCC(=O)NC4=O)C5=O)C(C)C3)CC2)ccc1Nc1ncc(Cl)c(Nc2ccccc2P(C)C)n1. The van der Waals surface area contributed by atoms with Gasteiger partial charge in [-0.3, -0.25) is 34.3 Å². The van der Waals surface area contributed by atoms with Crippen LogP contribution < -0.4 is 35.8 Å². The summed E-state index contributed by atoms with van der Waals surface area (Å²) in [6, 6.07) is 15.6. The molecule has 3 atom stereocenters. The Bertz CT molecular complexity index is 2370. The summed E-state index contributed by atoms with van der Waals surface area (Å²) in [6.45, 7) is 12.6. The van der Waals surface area contributed by atoms with E-state index in [1.165, 1.54) is 11.4 Å². The number of imide groups is 2. The third kappa shape index (κ3) is 8.60. The van der Waals surface area contributed by atoms with E-state index >= 15 is 4.39 Å². The van der Waals surface area contributed by atoms with Gasteiger partial charge in [0.05, 0.1) is 35.8 Å². The molecule has 4 aromatic rings. The van der Waals surface area contributed by atoms with Crippen LogP contribution >= 0.6 is 19.5 Å². The van der Waals surface area contributed by atoms with Crippen molar-refractivity contribution in [3.05, 3.63) is 82.8 Å². The molecule has 14 nitrogen and oxygen atoms in total. The Kier molecular flexibility index (Phi) is 12.2. The van der Waals surface area contributed by atoms with E-state index in [-0.39, 0.29) is 49.7 Å². The Morgan fingerprint density at radius 2 is 1.62 bits per heavy atom. The van der Waals surface area contributed by atoms with Crippen LogP contribution in [0.1, 0.15) is 60.2 Å². The molecule has 4 amide bonds. The summed E-state index contributed by atoms with van der Waals surface area (Å²) < 4.78 is 21.6. The number of carbonyl (C=O) groups excluding carboxylic acids is 4. The molecule has 4 aliphatic heterocycles. The second-order valence-corrected chi connectivity index (χ2v) is 19.2. The van der Waals surface area contributed by atoms with E-state index in [2.05, 4.69) is 75.0 Å². The first-order valence-corrected chi connectivity index (χ1v) is 23.2. The molecule has 8 rings (SSSR count). The maximum atomic E-state index is 15.8. The number of fused-ring (bicyclic) bond motifs is 1. The van der Waals surface area contributed by atoms with Gasteiger partial charge >= 0.3 is 0 Å². The molecule has 17 heteroatoms. The number of nitrogens with zero attached hydrogens (tertiary/aromatic N) is 6. The molecule has 61 heavy (non-hydrogen) atoms. The third-order valence-corrected chi connectivity index (χ3v) is 13.7. The monoisotopic (exact) mass is 869 g/mol. The summed E-state index contributed by atoms with van der Waals surface area (Å²) in [5, 5.41) is 10.5. The first-order chi connectivity index (χ1) is 29.3. The maximum absolute atomic E-state index is 15.8. The predicted octanol–water partition coefficient (Wildman–Crippen LogP) is 6.35. The molecule has 3 fully saturated rings. The summed E-state index contributed by atoms with van der Waals surface area (Å²) >= 11 is 6.52. The number of anilines is 6. The lowest BCUT2D eigenvalue weighted by molar-refractivity contribution is -0.136. The molecule has 0 bridgehead atoms. The lowest BCUT2D eigenvalue weighted by atomic mass is 9.94. The molecule has 0 radical (unpaired) electrons. The minimum absolute atomic E-state index is 0.0152. The number of carbonyl (C=O) groups is 4. The highest BCUT2D eigenvalue weighted by Gasteiger charge is 2.46. The summed E-state index contributed by atoms with van der Waals surface area (Å²) in [5.41, 5.74) is 3.04. The topological polar surface area (TPSA) is 152 Å². The second kappa shape index (κ2) is 17.5. The van der Waals surface area contributed by atoms with E-state index in [4.69, 9.17) is 16.3 Å². The lowest BCUT2D eigenvalue weighted by Gasteiger charge is -2.47. The van der Waals surface area contributed by atoms with Crippen molar-refractivity contribution in [2.45, 2.75) is 57.7 Å². The number of methoxy groups -OCH3 is 1. The Morgan fingerprint density at radius 1 is 0.918 bits per heavy atom. The molecule has 0 saturated carbocycles. The van der Waals surface area contributed by atoms with Gasteiger partial charge in [0.2, 0.25) is 17.8 Å².